The molecule has 2 rings (SSSR count). The van der Waals surface area contributed by atoms with Crippen LogP contribution in [-0.2, 0) is 14.4 Å². The molecule has 0 heterocycles. The minimum absolute atomic E-state index is 0.0594. The van der Waals surface area contributed by atoms with E-state index < -0.39 is 23.4 Å². The van der Waals surface area contributed by atoms with E-state index in [1.807, 2.05) is 0 Å². The Bertz CT molecular complexity index is 535. The highest BCUT2D eigenvalue weighted by atomic mass is 17.1. The Labute approximate surface area is 117 Å². The lowest BCUT2D eigenvalue weighted by molar-refractivity contribution is -0.301. The van der Waals surface area contributed by atoms with Crippen LogP contribution in [0.1, 0.15) is 42.3 Å². The number of Topliss-reactive ketones (excluding diaryl/α,β-unsaturated/α-hetero) is 1. The summed E-state index contributed by atoms with van der Waals surface area (Å²) in [4.78, 5) is 28.8. The Kier molecular flexibility index (Phi) is 3.92. The number of methoxy groups -OCH3 is 1. The van der Waals surface area contributed by atoms with Gasteiger partial charge in [-0.05, 0) is 19.4 Å². The van der Waals surface area contributed by atoms with E-state index in [0.717, 1.165) is 0 Å². The van der Waals surface area contributed by atoms with E-state index in [1.165, 1.54) is 7.11 Å². The smallest absolute Gasteiger partial charge is 0.311 e. The monoisotopic (exact) mass is 278 g/mol. The first-order chi connectivity index (χ1) is 9.43. The van der Waals surface area contributed by atoms with Crippen molar-refractivity contribution in [2.75, 3.05) is 7.11 Å². The standard InChI is InChI=1S/C15H18O5/c1-15(2,14(17)19-3)11-8-12(16)9-6-4-5-7-10(9)13(11)20-18/h4-7,11,13,18H,8H2,1-3H3/t11-,13-/m0/s1. The fourth-order valence-electron chi connectivity index (χ4n) is 2.81. The second-order valence-electron chi connectivity index (χ2n) is 5.56. The molecule has 1 aromatic rings. The number of rotatable bonds is 3. The number of carbonyl (C=O) groups excluding carboxylic acids is 2. The summed E-state index contributed by atoms with van der Waals surface area (Å²) in [7, 11) is 1.30. The van der Waals surface area contributed by atoms with E-state index in [2.05, 4.69) is 4.89 Å². The van der Waals surface area contributed by atoms with Crippen LogP contribution in [0.15, 0.2) is 24.3 Å². The fourth-order valence-corrected chi connectivity index (χ4v) is 2.81. The molecule has 0 saturated heterocycles. The third kappa shape index (κ3) is 2.23. The van der Waals surface area contributed by atoms with E-state index in [9.17, 15) is 14.8 Å². The predicted octanol–water partition coefficient (Wildman–Crippen LogP) is 2.62. The summed E-state index contributed by atoms with van der Waals surface area (Å²) in [5.41, 5.74) is 0.197. The van der Waals surface area contributed by atoms with Gasteiger partial charge in [-0.15, -0.1) is 0 Å². The van der Waals surface area contributed by atoms with Crippen LogP contribution in [0.3, 0.4) is 0 Å². The number of ether oxygens (including phenoxy) is 1. The quantitative estimate of drug-likeness (QED) is 0.522. The molecule has 0 aliphatic heterocycles. The largest absolute Gasteiger partial charge is 0.469 e. The van der Waals surface area contributed by atoms with Gasteiger partial charge in [0.15, 0.2) is 5.78 Å². The molecule has 0 radical (unpaired) electrons. The zero-order valence-electron chi connectivity index (χ0n) is 11.8. The lowest BCUT2D eigenvalue weighted by atomic mass is 9.67. The highest BCUT2D eigenvalue weighted by Gasteiger charge is 2.48. The Balaban J connectivity index is 2.47. The van der Waals surface area contributed by atoms with Gasteiger partial charge in [-0.1, -0.05) is 24.3 Å². The Hall–Kier alpha value is -1.72. The second-order valence-corrected chi connectivity index (χ2v) is 5.56. The minimum Gasteiger partial charge on any atom is -0.469 e. The Morgan fingerprint density at radius 2 is 2.00 bits per heavy atom. The van der Waals surface area contributed by atoms with Crippen molar-refractivity contribution in [1.29, 1.82) is 0 Å². The van der Waals surface area contributed by atoms with Crippen molar-refractivity contribution in [3.05, 3.63) is 35.4 Å². The van der Waals surface area contributed by atoms with E-state index >= 15 is 0 Å². The molecule has 5 heteroatoms. The SMILES string of the molecule is COC(=O)C(C)(C)[C@H]1CC(=O)c2ccccc2[C@@H]1OO. The predicted molar refractivity (Wildman–Crippen MR) is 71.1 cm³/mol. The minimum atomic E-state index is -0.939. The van der Waals surface area contributed by atoms with E-state index in [4.69, 9.17) is 4.74 Å². The molecule has 0 fully saturated rings. The lowest BCUT2D eigenvalue weighted by Gasteiger charge is -2.38. The Morgan fingerprint density at radius 1 is 1.35 bits per heavy atom. The van der Waals surface area contributed by atoms with Crippen LogP contribution in [0, 0.1) is 11.3 Å². The first-order valence-electron chi connectivity index (χ1n) is 6.44. The summed E-state index contributed by atoms with van der Waals surface area (Å²) in [5, 5.41) is 9.25. The number of carbonyl (C=O) groups is 2. The molecule has 20 heavy (non-hydrogen) atoms. The Morgan fingerprint density at radius 3 is 2.60 bits per heavy atom. The highest BCUT2D eigenvalue weighted by molar-refractivity contribution is 5.99. The highest BCUT2D eigenvalue weighted by Crippen LogP contribution is 2.46. The molecule has 5 nitrogen and oxygen atoms in total. The molecule has 1 aliphatic rings. The maximum absolute atomic E-state index is 12.2. The van der Waals surface area contributed by atoms with Crippen molar-refractivity contribution in [3.63, 3.8) is 0 Å². The van der Waals surface area contributed by atoms with Gasteiger partial charge in [-0.25, -0.2) is 4.89 Å². The third-order valence-corrected chi connectivity index (χ3v) is 4.09. The van der Waals surface area contributed by atoms with Crippen molar-refractivity contribution >= 4 is 11.8 Å². The van der Waals surface area contributed by atoms with Gasteiger partial charge in [0.2, 0.25) is 0 Å². The number of hydrogen-bond donors (Lipinski definition) is 1. The van der Waals surface area contributed by atoms with Gasteiger partial charge in [0.25, 0.3) is 0 Å². The molecule has 2 atom stereocenters. The zero-order valence-corrected chi connectivity index (χ0v) is 11.8. The van der Waals surface area contributed by atoms with Crippen LogP contribution in [0.4, 0.5) is 0 Å². The van der Waals surface area contributed by atoms with Gasteiger partial charge in [-0.3, -0.25) is 14.8 Å². The molecule has 0 amide bonds. The molecule has 0 aromatic heterocycles. The van der Waals surface area contributed by atoms with Crippen molar-refractivity contribution in [3.8, 4) is 0 Å². The normalized spacial score (nSPS) is 22.3. The van der Waals surface area contributed by atoms with Crippen molar-refractivity contribution < 1.29 is 24.5 Å². The summed E-state index contributed by atoms with van der Waals surface area (Å²) in [6.07, 6.45) is -0.595. The molecule has 0 saturated carbocycles. The lowest BCUT2D eigenvalue weighted by Crippen LogP contribution is -2.41. The van der Waals surface area contributed by atoms with Crippen LogP contribution >= 0.6 is 0 Å². The van der Waals surface area contributed by atoms with Crippen molar-refractivity contribution in [2.24, 2.45) is 11.3 Å². The average molecular weight is 278 g/mol. The number of hydrogen-bond acceptors (Lipinski definition) is 5. The summed E-state index contributed by atoms with van der Waals surface area (Å²) in [5.74, 6) is -0.977. The van der Waals surface area contributed by atoms with E-state index in [-0.39, 0.29) is 12.2 Å². The third-order valence-electron chi connectivity index (χ3n) is 4.09. The summed E-state index contributed by atoms with van der Waals surface area (Å²) in [6, 6.07) is 6.96. The maximum Gasteiger partial charge on any atom is 0.311 e. The van der Waals surface area contributed by atoms with Crippen LogP contribution < -0.4 is 0 Å². The number of benzene rings is 1. The molecule has 108 valence electrons. The second kappa shape index (κ2) is 5.34. The first kappa shape index (κ1) is 14.7. The fraction of sp³-hybridized carbons (Fsp3) is 0.467. The molecule has 0 bridgehead atoms. The first-order valence-corrected chi connectivity index (χ1v) is 6.44. The van der Waals surface area contributed by atoms with Gasteiger partial charge in [-0.2, -0.15) is 0 Å². The van der Waals surface area contributed by atoms with Crippen LogP contribution in [-0.4, -0.2) is 24.1 Å². The van der Waals surface area contributed by atoms with Crippen LogP contribution in [0.5, 0.6) is 0 Å². The number of ketones is 1. The van der Waals surface area contributed by atoms with Gasteiger partial charge < -0.3 is 4.74 Å². The van der Waals surface area contributed by atoms with Gasteiger partial charge in [0.1, 0.15) is 6.10 Å². The molecular formula is C15H18O5. The van der Waals surface area contributed by atoms with Crippen molar-refractivity contribution in [2.45, 2.75) is 26.4 Å². The molecule has 1 N–H and O–H groups in total. The number of esters is 1. The topological polar surface area (TPSA) is 72.8 Å². The molecule has 1 aromatic carbocycles. The maximum atomic E-state index is 12.2. The average Bonchev–Trinajstić information content (AvgIpc) is 2.46. The molecule has 0 unspecified atom stereocenters. The zero-order chi connectivity index (χ0) is 14.9. The molecule has 1 aliphatic carbocycles. The summed E-state index contributed by atoms with van der Waals surface area (Å²) < 4.78 is 4.80. The van der Waals surface area contributed by atoms with E-state index in [1.54, 1.807) is 38.1 Å². The van der Waals surface area contributed by atoms with E-state index in [0.29, 0.717) is 11.1 Å². The van der Waals surface area contributed by atoms with Crippen molar-refractivity contribution in [1.82, 2.24) is 0 Å². The van der Waals surface area contributed by atoms with Gasteiger partial charge in [0.05, 0.1) is 12.5 Å². The molecule has 0 spiro atoms. The molecular weight excluding hydrogens is 260 g/mol. The summed E-state index contributed by atoms with van der Waals surface area (Å²) in [6.45, 7) is 3.38. The van der Waals surface area contributed by atoms with Gasteiger partial charge in [0, 0.05) is 17.9 Å². The number of fused-ring (bicyclic) bond motifs is 1. The van der Waals surface area contributed by atoms with Crippen LogP contribution in [0.2, 0.25) is 0 Å². The summed E-state index contributed by atoms with van der Waals surface area (Å²) >= 11 is 0. The van der Waals surface area contributed by atoms with Crippen LogP contribution in [0.25, 0.3) is 0 Å². The van der Waals surface area contributed by atoms with Gasteiger partial charge >= 0.3 is 5.97 Å².